The van der Waals surface area contributed by atoms with E-state index in [2.05, 4.69) is 5.32 Å². The molecule has 0 spiro atoms. The van der Waals surface area contributed by atoms with Gasteiger partial charge in [0.25, 0.3) is 0 Å². The zero-order valence-electron chi connectivity index (χ0n) is 10.3. The Bertz CT molecular complexity index is 309. The summed E-state index contributed by atoms with van der Waals surface area (Å²) in [5.74, 6) is 0.733. The Morgan fingerprint density at radius 3 is 2.59 bits per heavy atom. The van der Waals surface area contributed by atoms with Crippen LogP contribution in [0.3, 0.4) is 0 Å². The van der Waals surface area contributed by atoms with E-state index < -0.39 is 5.54 Å². The number of amides is 1. The summed E-state index contributed by atoms with van der Waals surface area (Å²) in [5, 5.41) is 3.14. The summed E-state index contributed by atoms with van der Waals surface area (Å²) in [7, 11) is 0. The molecule has 3 aliphatic rings. The first-order valence-corrected chi connectivity index (χ1v) is 6.90. The Labute approximate surface area is 102 Å². The van der Waals surface area contributed by atoms with Gasteiger partial charge >= 0.3 is 0 Å². The number of nitrogens with one attached hydrogen (secondary N) is 1. The molecule has 17 heavy (non-hydrogen) atoms. The second-order valence-electron chi connectivity index (χ2n) is 5.90. The fourth-order valence-corrected chi connectivity index (χ4v) is 3.20. The summed E-state index contributed by atoms with van der Waals surface area (Å²) in [6, 6.07) is 0.205. The molecule has 1 amide bonds. The first-order valence-electron chi connectivity index (χ1n) is 6.90. The second-order valence-corrected chi connectivity index (χ2v) is 5.90. The predicted octanol–water partition coefficient (Wildman–Crippen LogP) is 0.942. The van der Waals surface area contributed by atoms with Gasteiger partial charge in [0, 0.05) is 6.61 Å². The summed E-state index contributed by atoms with van der Waals surface area (Å²) < 4.78 is 5.73. The van der Waals surface area contributed by atoms with Gasteiger partial charge in [0.15, 0.2) is 0 Å². The molecule has 0 aromatic carbocycles. The molecule has 96 valence electrons. The maximum absolute atomic E-state index is 12.2. The van der Waals surface area contributed by atoms with Crippen LogP contribution < -0.4 is 11.1 Å². The molecule has 2 unspecified atom stereocenters. The molecule has 0 radical (unpaired) electrons. The average Bonchev–Trinajstić information content (AvgIpc) is 2.88. The monoisotopic (exact) mass is 238 g/mol. The third-order valence-corrected chi connectivity index (χ3v) is 4.49. The first kappa shape index (κ1) is 11.5. The van der Waals surface area contributed by atoms with E-state index in [4.69, 9.17) is 10.5 Å². The van der Waals surface area contributed by atoms with Gasteiger partial charge in [-0.1, -0.05) is 12.8 Å². The number of hydrogen-bond acceptors (Lipinski definition) is 3. The van der Waals surface area contributed by atoms with Crippen LogP contribution in [0, 0.1) is 5.92 Å². The lowest BCUT2D eigenvalue weighted by molar-refractivity contribution is -0.127. The van der Waals surface area contributed by atoms with Crippen molar-refractivity contribution in [2.24, 2.45) is 11.7 Å². The molecule has 2 saturated carbocycles. The van der Waals surface area contributed by atoms with Gasteiger partial charge < -0.3 is 15.8 Å². The Morgan fingerprint density at radius 1 is 1.24 bits per heavy atom. The minimum atomic E-state index is -0.601. The third-order valence-electron chi connectivity index (χ3n) is 4.49. The molecule has 3 fully saturated rings. The van der Waals surface area contributed by atoms with Gasteiger partial charge in [-0.15, -0.1) is 0 Å². The summed E-state index contributed by atoms with van der Waals surface area (Å²) >= 11 is 0. The maximum Gasteiger partial charge on any atom is 0.240 e. The smallest absolute Gasteiger partial charge is 0.240 e. The lowest BCUT2D eigenvalue weighted by Gasteiger charge is -2.27. The quantitative estimate of drug-likeness (QED) is 0.769. The van der Waals surface area contributed by atoms with Crippen LogP contribution in [0.4, 0.5) is 0 Å². The Hall–Kier alpha value is -0.610. The van der Waals surface area contributed by atoms with Crippen molar-refractivity contribution in [2.45, 2.75) is 62.6 Å². The second kappa shape index (κ2) is 4.25. The molecule has 0 aromatic rings. The Morgan fingerprint density at radius 2 is 1.94 bits per heavy atom. The van der Waals surface area contributed by atoms with Crippen molar-refractivity contribution in [3.05, 3.63) is 0 Å². The highest BCUT2D eigenvalue weighted by molar-refractivity contribution is 5.86. The van der Waals surface area contributed by atoms with Crippen LogP contribution in [0.2, 0.25) is 0 Å². The van der Waals surface area contributed by atoms with Crippen molar-refractivity contribution >= 4 is 5.91 Å². The molecule has 4 heteroatoms. The van der Waals surface area contributed by atoms with E-state index >= 15 is 0 Å². The van der Waals surface area contributed by atoms with Gasteiger partial charge in [-0.3, -0.25) is 4.79 Å². The van der Waals surface area contributed by atoms with Gasteiger partial charge in [0.1, 0.15) is 0 Å². The van der Waals surface area contributed by atoms with Crippen molar-refractivity contribution in [2.75, 3.05) is 6.61 Å². The summed E-state index contributed by atoms with van der Waals surface area (Å²) in [6.07, 6.45) is 7.54. The van der Waals surface area contributed by atoms with Gasteiger partial charge in [-0.2, -0.15) is 0 Å². The number of nitrogens with two attached hydrogens (primary N) is 1. The normalized spacial score (nSPS) is 36.1. The van der Waals surface area contributed by atoms with E-state index in [1.165, 1.54) is 12.8 Å². The summed E-state index contributed by atoms with van der Waals surface area (Å²) in [5.41, 5.74) is 5.56. The van der Waals surface area contributed by atoms with Gasteiger partial charge in [-0.25, -0.2) is 0 Å². The average molecular weight is 238 g/mol. The molecule has 4 nitrogen and oxygen atoms in total. The molecule has 3 N–H and O–H groups in total. The third kappa shape index (κ3) is 2.20. The van der Waals surface area contributed by atoms with Gasteiger partial charge in [0.05, 0.1) is 17.7 Å². The van der Waals surface area contributed by atoms with Crippen molar-refractivity contribution in [1.82, 2.24) is 5.32 Å². The first-order chi connectivity index (χ1) is 8.19. The zero-order chi connectivity index (χ0) is 11.9. The Kier molecular flexibility index (Phi) is 2.87. The van der Waals surface area contributed by atoms with Crippen LogP contribution >= 0.6 is 0 Å². The number of ether oxygens (including phenoxy) is 1. The molecule has 2 aliphatic carbocycles. The summed E-state index contributed by atoms with van der Waals surface area (Å²) in [4.78, 5) is 12.2. The van der Waals surface area contributed by atoms with Crippen LogP contribution in [-0.4, -0.2) is 30.2 Å². The minimum absolute atomic E-state index is 0.0520. The predicted molar refractivity (Wildman–Crippen MR) is 64.4 cm³/mol. The lowest BCUT2D eigenvalue weighted by atomic mass is 9.96. The zero-order valence-corrected chi connectivity index (χ0v) is 10.3. The molecule has 1 saturated heterocycles. The Balaban J connectivity index is 1.60. The van der Waals surface area contributed by atoms with E-state index in [1.54, 1.807) is 0 Å². The van der Waals surface area contributed by atoms with Crippen molar-refractivity contribution < 1.29 is 9.53 Å². The highest BCUT2D eigenvalue weighted by Crippen LogP contribution is 2.39. The number of carbonyl (C=O) groups excluding carboxylic acids is 1. The van der Waals surface area contributed by atoms with Crippen molar-refractivity contribution in [1.29, 1.82) is 0 Å². The number of rotatable bonds is 3. The fraction of sp³-hybridized carbons (Fsp3) is 0.923. The SMILES string of the molecule is NC1(C(=O)NC2CCOC2C2CC2)CCCC1. The number of carbonyl (C=O) groups is 1. The van der Waals surface area contributed by atoms with Gasteiger partial charge in [-0.05, 0) is 38.0 Å². The van der Waals surface area contributed by atoms with Crippen molar-refractivity contribution in [3.63, 3.8) is 0 Å². The van der Waals surface area contributed by atoms with E-state index in [-0.39, 0.29) is 18.1 Å². The molecule has 0 bridgehead atoms. The molecular weight excluding hydrogens is 216 g/mol. The molecular formula is C13H22N2O2. The van der Waals surface area contributed by atoms with Gasteiger partial charge in [0.2, 0.25) is 5.91 Å². The van der Waals surface area contributed by atoms with Crippen LogP contribution in [0.5, 0.6) is 0 Å². The molecule has 1 heterocycles. The van der Waals surface area contributed by atoms with Crippen LogP contribution in [-0.2, 0) is 9.53 Å². The highest BCUT2D eigenvalue weighted by Gasteiger charge is 2.44. The van der Waals surface area contributed by atoms with Crippen LogP contribution in [0.25, 0.3) is 0 Å². The van der Waals surface area contributed by atoms with Crippen LogP contribution in [0.1, 0.15) is 44.9 Å². The van der Waals surface area contributed by atoms with E-state index in [0.717, 1.165) is 38.7 Å². The molecule has 3 rings (SSSR count). The number of hydrogen-bond donors (Lipinski definition) is 2. The van der Waals surface area contributed by atoms with E-state index in [1.807, 2.05) is 0 Å². The molecule has 0 aromatic heterocycles. The maximum atomic E-state index is 12.2. The molecule has 2 atom stereocenters. The van der Waals surface area contributed by atoms with Crippen LogP contribution in [0.15, 0.2) is 0 Å². The topological polar surface area (TPSA) is 64.4 Å². The largest absolute Gasteiger partial charge is 0.376 e. The standard InChI is InChI=1S/C13H22N2O2/c14-13(6-1-2-7-13)12(16)15-10-5-8-17-11(10)9-3-4-9/h9-11H,1-8,14H2,(H,15,16). The highest BCUT2D eigenvalue weighted by atomic mass is 16.5. The molecule has 1 aliphatic heterocycles. The lowest BCUT2D eigenvalue weighted by Crippen LogP contribution is -2.56. The fourth-order valence-electron chi connectivity index (χ4n) is 3.20. The van der Waals surface area contributed by atoms with E-state index in [9.17, 15) is 4.79 Å². The van der Waals surface area contributed by atoms with Crippen molar-refractivity contribution in [3.8, 4) is 0 Å². The minimum Gasteiger partial charge on any atom is -0.376 e. The van der Waals surface area contributed by atoms with E-state index in [0.29, 0.717) is 5.92 Å². The summed E-state index contributed by atoms with van der Waals surface area (Å²) in [6.45, 7) is 0.781.